The van der Waals surface area contributed by atoms with Crippen LogP contribution >= 0.6 is 0 Å². The highest BCUT2D eigenvalue weighted by Crippen LogP contribution is 2.36. The number of likely N-dealkylation sites (tertiary alicyclic amines) is 1. The Hall–Kier alpha value is -3.81. The number of nitrogens with zero attached hydrogens (tertiary/aromatic N) is 3. The van der Waals surface area contributed by atoms with Gasteiger partial charge in [0.25, 0.3) is 0 Å². The van der Waals surface area contributed by atoms with E-state index in [1.165, 1.54) is 6.07 Å². The Kier molecular flexibility index (Phi) is 6.13. The molecular weight excluding hydrogens is 491 g/mol. The first-order valence-corrected chi connectivity index (χ1v) is 12.9. The van der Waals surface area contributed by atoms with Gasteiger partial charge in [0.05, 0.1) is 23.7 Å². The topological polar surface area (TPSA) is 47.4 Å². The lowest BCUT2D eigenvalue weighted by molar-refractivity contribution is -0.137. The van der Waals surface area contributed by atoms with Crippen LogP contribution in [-0.4, -0.2) is 40.6 Å². The standard InChI is InChI=1S/C30H28F3N3O2/c1-38-25-11-8-21(9-12-25)20-2-4-22(5-3-20)28-34-26-16-24(30(31,32)33)10-13-27(26)36(28)18-19-14-15-35(17-19)29(37)23-6-7-23/h2-5,8-13,16,19,23H,6-7,14-15,17-18H2,1H3. The largest absolute Gasteiger partial charge is 0.497 e. The summed E-state index contributed by atoms with van der Waals surface area (Å²) in [4.78, 5) is 19.2. The normalized spacial score (nSPS) is 17.8. The van der Waals surface area contributed by atoms with Crippen LogP contribution in [0.2, 0.25) is 0 Å². The molecule has 0 spiro atoms. The minimum atomic E-state index is -4.44. The Labute approximate surface area is 218 Å². The highest BCUT2D eigenvalue weighted by molar-refractivity contribution is 5.82. The summed E-state index contributed by atoms with van der Waals surface area (Å²) in [5.74, 6) is 2.06. The van der Waals surface area contributed by atoms with Crippen LogP contribution in [-0.2, 0) is 17.5 Å². The number of fused-ring (bicyclic) bond motifs is 1. The molecule has 38 heavy (non-hydrogen) atoms. The molecule has 1 aliphatic heterocycles. The van der Waals surface area contributed by atoms with E-state index in [0.29, 0.717) is 29.9 Å². The third kappa shape index (κ3) is 4.75. The van der Waals surface area contributed by atoms with E-state index in [4.69, 9.17) is 4.74 Å². The number of benzene rings is 3. The van der Waals surface area contributed by atoms with Crippen LogP contribution < -0.4 is 4.74 Å². The van der Waals surface area contributed by atoms with Crippen LogP contribution in [0.4, 0.5) is 13.2 Å². The van der Waals surface area contributed by atoms with E-state index < -0.39 is 11.7 Å². The summed E-state index contributed by atoms with van der Waals surface area (Å²) in [7, 11) is 1.63. The molecule has 2 fully saturated rings. The van der Waals surface area contributed by atoms with E-state index in [9.17, 15) is 18.0 Å². The van der Waals surface area contributed by atoms with E-state index in [0.717, 1.165) is 60.4 Å². The maximum Gasteiger partial charge on any atom is 0.416 e. The van der Waals surface area contributed by atoms with E-state index in [1.807, 2.05) is 58.0 Å². The third-order valence-electron chi connectivity index (χ3n) is 7.61. The molecule has 3 aromatic carbocycles. The number of rotatable bonds is 6. The van der Waals surface area contributed by atoms with Gasteiger partial charge < -0.3 is 14.2 Å². The number of methoxy groups -OCH3 is 1. The predicted molar refractivity (Wildman–Crippen MR) is 140 cm³/mol. The molecule has 1 unspecified atom stereocenters. The van der Waals surface area contributed by atoms with Crippen LogP contribution in [0.3, 0.4) is 0 Å². The summed E-state index contributed by atoms with van der Waals surface area (Å²) < 4.78 is 47.6. The second kappa shape index (κ2) is 9.49. The molecular formula is C30H28F3N3O2. The average Bonchev–Trinajstić information content (AvgIpc) is 3.57. The van der Waals surface area contributed by atoms with Crippen molar-refractivity contribution in [2.45, 2.75) is 32.0 Å². The number of aromatic nitrogens is 2. The zero-order chi connectivity index (χ0) is 26.4. The van der Waals surface area contributed by atoms with Crippen LogP contribution in [0.15, 0.2) is 66.7 Å². The molecule has 1 aliphatic carbocycles. The Morgan fingerprint density at radius 3 is 2.24 bits per heavy atom. The number of carbonyl (C=O) groups is 1. The van der Waals surface area contributed by atoms with Crippen LogP contribution in [0.1, 0.15) is 24.8 Å². The van der Waals surface area contributed by atoms with Crippen LogP contribution in [0, 0.1) is 11.8 Å². The van der Waals surface area contributed by atoms with Gasteiger partial charge in [0.2, 0.25) is 5.91 Å². The van der Waals surface area contributed by atoms with Gasteiger partial charge in [-0.25, -0.2) is 4.98 Å². The van der Waals surface area contributed by atoms with Crippen molar-refractivity contribution in [2.24, 2.45) is 11.8 Å². The summed E-state index contributed by atoms with van der Waals surface area (Å²) in [6.07, 6.45) is -1.61. The number of carbonyl (C=O) groups excluding carboxylic acids is 1. The van der Waals surface area contributed by atoms with Crippen LogP contribution in [0.25, 0.3) is 33.5 Å². The van der Waals surface area contributed by atoms with Gasteiger partial charge in [-0.3, -0.25) is 4.79 Å². The predicted octanol–water partition coefficient (Wildman–Crippen LogP) is 6.66. The van der Waals surface area contributed by atoms with E-state index >= 15 is 0 Å². The molecule has 4 aromatic rings. The van der Waals surface area contributed by atoms with Crippen LogP contribution in [0.5, 0.6) is 5.75 Å². The molecule has 196 valence electrons. The lowest BCUT2D eigenvalue weighted by atomic mass is 10.0. The molecule has 0 bridgehead atoms. The number of amides is 1. The monoisotopic (exact) mass is 519 g/mol. The number of ether oxygens (including phenoxy) is 1. The van der Waals surface area contributed by atoms with Crippen molar-refractivity contribution >= 4 is 16.9 Å². The van der Waals surface area contributed by atoms with Gasteiger partial charge in [-0.05, 0) is 66.6 Å². The van der Waals surface area contributed by atoms with Gasteiger partial charge in [0.15, 0.2) is 0 Å². The molecule has 1 amide bonds. The van der Waals surface area contributed by atoms with Gasteiger partial charge in [0, 0.05) is 31.1 Å². The summed E-state index contributed by atoms with van der Waals surface area (Å²) in [5, 5.41) is 0. The highest BCUT2D eigenvalue weighted by Gasteiger charge is 2.37. The molecule has 1 saturated carbocycles. The van der Waals surface area contributed by atoms with Crippen molar-refractivity contribution in [1.29, 1.82) is 0 Å². The first-order chi connectivity index (χ1) is 18.3. The Morgan fingerprint density at radius 1 is 0.947 bits per heavy atom. The van der Waals surface area contributed by atoms with E-state index in [-0.39, 0.29) is 17.7 Å². The lowest BCUT2D eigenvalue weighted by Gasteiger charge is -2.18. The van der Waals surface area contributed by atoms with Gasteiger partial charge in [-0.1, -0.05) is 36.4 Å². The summed E-state index contributed by atoms with van der Waals surface area (Å²) in [5.41, 5.74) is 3.15. The van der Waals surface area contributed by atoms with Gasteiger partial charge >= 0.3 is 6.18 Å². The fourth-order valence-corrected chi connectivity index (χ4v) is 5.34. The fourth-order valence-electron chi connectivity index (χ4n) is 5.34. The van der Waals surface area contributed by atoms with Crippen molar-refractivity contribution in [3.05, 3.63) is 72.3 Å². The maximum atomic E-state index is 13.4. The van der Waals surface area contributed by atoms with Gasteiger partial charge in [-0.2, -0.15) is 13.2 Å². The highest BCUT2D eigenvalue weighted by atomic mass is 19.4. The van der Waals surface area contributed by atoms with Gasteiger partial charge in [0.1, 0.15) is 11.6 Å². The molecule has 0 radical (unpaired) electrons. The van der Waals surface area contributed by atoms with Crippen molar-refractivity contribution < 1.29 is 22.7 Å². The Balaban J connectivity index is 1.34. The van der Waals surface area contributed by atoms with Crippen molar-refractivity contribution in [3.63, 3.8) is 0 Å². The second-order valence-corrected chi connectivity index (χ2v) is 10.3. The minimum Gasteiger partial charge on any atom is -0.497 e. The molecule has 0 N–H and O–H groups in total. The zero-order valence-corrected chi connectivity index (χ0v) is 21.0. The fraction of sp³-hybridized carbons (Fsp3) is 0.333. The first-order valence-electron chi connectivity index (χ1n) is 12.9. The maximum absolute atomic E-state index is 13.4. The van der Waals surface area contributed by atoms with Crippen molar-refractivity contribution in [1.82, 2.24) is 14.5 Å². The molecule has 1 saturated heterocycles. The van der Waals surface area contributed by atoms with E-state index in [1.54, 1.807) is 7.11 Å². The minimum absolute atomic E-state index is 0.184. The third-order valence-corrected chi connectivity index (χ3v) is 7.61. The molecule has 6 rings (SSSR count). The SMILES string of the molecule is COc1ccc(-c2ccc(-c3nc4cc(C(F)(F)F)ccc4n3CC3CCN(C(=O)C4CC4)C3)cc2)cc1. The molecule has 1 aromatic heterocycles. The van der Waals surface area contributed by atoms with Gasteiger partial charge in [-0.15, -0.1) is 0 Å². The van der Waals surface area contributed by atoms with E-state index in [2.05, 4.69) is 4.98 Å². The molecule has 5 nitrogen and oxygen atoms in total. The lowest BCUT2D eigenvalue weighted by Crippen LogP contribution is -2.30. The Bertz CT molecular complexity index is 1470. The van der Waals surface area contributed by atoms with Crippen molar-refractivity contribution in [2.75, 3.05) is 20.2 Å². The number of halogens is 3. The number of hydrogen-bond acceptors (Lipinski definition) is 3. The summed E-state index contributed by atoms with van der Waals surface area (Å²) in [6.45, 7) is 1.99. The zero-order valence-electron chi connectivity index (χ0n) is 21.0. The molecule has 2 heterocycles. The molecule has 2 aliphatic rings. The number of alkyl halides is 3. The number of hydrogen-bond donors (Lipinski definition) is 0. The Morgan fingerprint density at radius 2 is 1.61 bits per heavy atom. The average molecular weight is 520 g/mol. The summed E-state index contributed by atoms with van der Waals surface area (Å²) >= 11 is 0. The van der Waals surface area contributed by atoms with Crippen molar-refractivity contribution in [3.8, 4) is 28.3 Å². The second-order valence-electron chi connectivity index (χ2n) is 10.3. The molecule has 8 heteroatoms. The quantitative estimate of drug-likeness (QED) is 0.286. The number of imidazole rings is 1. The smallest absolute Gasteiger partial charge is 0.416 e. The summed E-state index contributed by atoms with van der Waals surface area (Å²) in [6, 6.07) is 19.4. The first kappa shape index (κ1) is 24.5. The molecule has 1 atom stereocenters.